The molecule has 2 aliphatic heterocycles. The topological polar surface area (TPSA) is 93.5 Å². The van der Waals surface area contributed by atoms with Crippen molar-refractivity contribution >= 4 is 17.8 Å². The summed E-state index contributed by atoms with van der Waals surface area (Å²) in [6.45, 7) is 2.72. The number of urea groups is 1. The van der Waals surface area contributed by atoms with Crippen LogP contribution in [-0.4, -0.2) is 47.3 Å². The van der Waals surface area contributed by atoms with Gasteiger partial charge in [0.05, 0.1) is 11.6 Å². The SMILES string of the molecule is C[C@@]1(c2ccc(C#N)cc2)NC(=O)N(CC(=O)N2CCCCC2)C1=O. The van der Waals surface area contributed by atoms with Crippen LogP contribution in [0.2, 0.25) is 0 Å². The van der Waals surface area contributed by atoms with Crippen LogP contribution in [-0.2, 0) is 15.1 Å². The normalized spacial score (nSPS) is 23.4. The van der Waals surface area contributed by atoms with Crippen LogP contribution in [0.15, 0.2) is 24.3 Å². The number of hydrogen-bond acceptors (Lipinski definition) is 4. The van der Waals surface area contributed by atoms with Crippen LogP contribution in [0.4, 0.5) is 4.79 Å². The zero-order valence-corrected chi connectivity index (χ0v) is 14.1. The molecule has 7 nitrogen and oxygen atoms in total. The van der Waals surface area contributed by atoms with Gasteiger partial charge < -0.3 is 10.2 Å². The van der Waals surface area contributed by atoms with E-state index in [9.17, 15) is 14.4 Å². The minimum atomic E-state index is -1.23. The Morgan fingerprint density at radius 3 is 2.44 bits per heavy atom. The zero-order valence-electron chi connectivity index (χ0n) is 14.1. The predicted molar refractivity (Wildman–Crippen MR) is 89.2 cm³/mol. The molecule has 2 aliphatic rings. The van der Waals surface area contributed by atoms with Gasteiger partial charge in [-0.25, -0.2) is 4.79 Å². The van der Waals surface area contributed by atoms with E-state index in [1.807, 2.05) is 6.07 Å². The number of hydrogen-bond donors (Lipinski definition) is 1. The third kappa shape index (κ3) is 3.07. The van der Waals surface area contributed by atoms with E-state index < -0.39 is 17.5 Å². The summed E-state index contributed by atoms with van der Waals surface area (Å²) in [5.74, 6) is -0.653. The van der Waals surface area contributed by atoms with Gasteiger partial charge in [-0.1, -0.05) is 12.1 Å². The lowest BCUT2D eigenvalue weighted by Gasteiger charge is -2.28. The summed E-state index contributed by atoms with van der Waals surface area (Å²) in [6, 6.07) is 7.94. The van der Waals surface area contributed by atoms with Gasteiger partial charge in [0.25, 0.3) is 5.91 Å². The number of piperidine rings is 1. The van der Waals surface area contributed by atoms with Crippen LogP contribution in [0.3, 0.4) is 0 Å². The largest absolute Gasteiger partial charge is 0.341 e. The number of nitrogens with zero attached hydrogens (tertiary/aromatic N) is 3. The third-order valence-electron chi connectivity index (χ3n) is 4.87. The number of imide groups is 1. The van der Waals surface area contributed by atoms with Gasteiger partial charge >= 0.3 is 6.03 Å². The Bertz CT molecular complexity index is 747. The highest BCUT2D eigenvalue weighted by molar-refractivity contribution is 6.09. The molecule has 1 atom stereocenters. The maximum atomic E-state index is 12.8. The molecule has 0 unspecified atom stereocenters. The second-order valence-corrected chi connectivity index (χ2v) is 6.58. The molecular weight excluding hydrogens is 320 g/mol. The van der Waals surface area contributed by atoms with E-state index in [1.165, 1.54) is 0 Å². The molecule has 2 saturated heterocycles. The van der Waals surface area contributed by atoms with Gasteiger partial charge in [-0.2, -0.15) is 5.26 Å². The highest BCUT2D eigenvalue weighted by Crippen LogP contribution is 2.29. The van der Waals surface area contributed by atoms with Crippen molar-refractivity contribution in [2.45, 2.75) is 31.7 Å². The van der Waals surface area contributed by atoms with E-state index in [0.29, 0.717) is 24.2 Å². The molecule has 0 aromatic heterocycles. The van der Waals surface area contributed by atoms with Gasteiger partial charge in [-0.15, -0.1) is 0 Å². The van der Waals surface area contributed by atoms with Gasteiger partial charge in [0.2, 0.25) is 5.91 Å². The number of rotatable bonds is 3. The van der Waals surface area contributed by atoms with Crippen molar-refractivity contribution in [2.24, 2.45) is 0 Å². The van der Waals surface area contributed by atoms with E-state index in [-0.39, 0.29) is 12.5 Å². The van der Waals surface area contributed by atoms with E-state index in [2.05, 4.69) is 5.32 Å². The average molecular weight is 340 g/mol. The van der Waals surface area contributed by atoms with E-state index in [4.69, 9.17) is 5.26 Å². The fourth-order valence-corrected chi connectivity index (χ4v) is 3.29. The van der Waals surface area contributed by atoms with Crippen LogP contribution in [0.25, 0.3) is 0 Å². The first-order valence-electron chi connectivity index (χ1n) is 8.38. The van der Waals surface area contributed by atoms with Crippen molar-refractivity contribution in [2.75, 3.05) is 19.6 Å². The quantitative estimate of drug-likeness (QED) is 0.840. The van der Waals surface area contributed by atoms with E-state index in [1.54, 1.807) is 36.1 Å². The molecule has 0 radical (unpaired) electrons. The number of benzene rings is 1. The first-order valence-corrected chi connectivity index (χ1v) is 8.38. The van der Waals surface area contributed by atoms with Crippen molar-refractivity contribution in [1.82, 2.24) is 15.1 Å². The molecule has 0 bridgehead atoms. The fraction of sp³-hybridized carbons (Fsp3) is 0.444. The monoisotopic (exact) mass is 340 g/mol. The molecule has 7 heteroatoms. The van der Waals surface area contributed by atoms with Gasteiger partial charge in [0, 0.05) is 13.1 Å². The summed E-state index contributed by atoms with van der Waals surface area (Å²) in [6.07, 6.45) is 3.01. The fourth-order valence-electron chi connectivity index (χ4n) is 3.29. The maximum absolute atomic E-state index is 12.8. The molecule has 25 heavy (non-hydrogen) atoms. The molecule has 1 aromatic carbocycles. The molecule has 2 heterocycles. The molecule has 1 N–H and O–H groups in total. The van der Waals surface area contributed by atoms with Crippen LogP contribution in [0.1, 0.15) is 37.3 Å². The Labute approximate surface area is 146 Å². The zero-order chi connectivity index (χ0) is 18.0. The van der Waals surface area contributed by atoms with E-state index in [0.717, 1.165) is 24.2 Å². The van der Waals surface area contributed by atoms with E-state index >= 15 is 0 Å². The molecule has 2 fully saturated rings. The van der Waals surface area contributed by atoms with Gasteiger partial charge in [0.1, 0.15) is 12.1 Å². The second kappa shape index (κ2) is 6.55. The lowest BCUT2D eigenvalue weighted by atomic mass is 9.91. The number of carbonyl (C=O) groups excluding carboxylic acids is 3. The third-order valence-corrected chi connectivity index (χ3v) is 4.87. The van der Waals surface area contributed by atoms with Crippen LogP contribution >= 0.6 is 0 Å². The summed E-state index contributed by atoms with van der Waals surface area (Å²) in [5.41, 5.74) is -0.174. The summed E-state index contributed by atoms with van der Waals surface area (Å²) in [7, 11) is 0. The van der Waals surface area contributed by atoms with Gasteiger partial charge in [-0.3, -0.25) is 14.5 Å². The molecule has 0 saturated carbocycles. The minimum Gasteiger partial charge on any atom is -0.341 e. The molecular formula is C18H20N4O3. The first kappa shape index (κ1) is 17.0. The number of nitriles is 1. The highest BCUT2D eigenvalue weighted by Gasteiger charge is 2.49. The Morgan fingerprint density at radius 2 is 1.84 bits per heavy atom. The smallest absolute Gasteiger partial charge is 0.325 e. The molecule has 4 amide bonds. The molecule has 0 spiro atoms. The van der Waals surface area contributed by atoms with Crippen molar-refractivity contribution < 1.29 is 14.4 Å². The molecule has 1 aromatic rings. The number of carbonyl (C=O) groups is 3. The van der Waals surface area contributed by atoms with Crippen LogP contribution in [0, 0.1) is 11.3 Å². The number of likely N-dealkylation sites (tertiary alicyclic amines) is 1. The molecule has 0 aliphatic carbocycles. The lowest BCUT2D eigenvalue weighted by molar-refractivity contribution is -0.139. The van der Waals surface area contributed by atoms with Crippen molar-refractivity contribution in [1.29, 1.82) is 5.26 Å². The van der Waals surface area contributed by atoms with Crippen molar-refractivity contribution in [3.05, 3.63) is 35.4 Å². The highest BCUT2D eigenvalue weighted by atomic mass is 16.2. The summed E-state index contributed by atoms with van der Waals surface area (Å²) >= 11 is 0. The predicted octanol–water partition coefficient (Wildman–Crippen LogP) is 1.34. The van der Waals surface area contributed by atoms with Gasteiger partial charge in [0.15, 0.2) is 0 Å². The molecule has 3 rings (SSSR count). The van der Waals surface area contributed by atoms with Crippen LogP contribution in [0.5, 0.6) is 0 Å². The van der Waals surface area contributed by atoms with Crippen molar-refractivity contribution in [3.8, 4) is 6.07 Å². The first-order chi connectivity index (χ1) is 12.0. The number of amides is 4. The number of nitrogens with one attached hydrogen (secondary N) is 1. The Kier molecular flexibility index (Phi) is 4.45. The second-order valence-electron chi connectivity index (χ2n) is 6.58. The summed E-state index contributed by atoms with van der Waals surface area (Å²) in [4.78, 5) is 40.2. The van der Waals surface area contributed by atoms with Gasteiger partial charge in [-0.05, 0) is 43.9 Å². The van der Waals surface area contributed by atoms with Crippen molar-refractivity contribution in [3.63, 3.8) is 0 Å². The lowest BCUT2D eigenvalue weighted by Crippen LogP contribution is -2.45. The summed E-state index contributed by atoms with van der Waals surface area (Å²) in [5, 5.41) is 11.6. The average Bonchev–Trinajstić information content (AvgIpc) is 2.86. The Hall–Kier alpha value is -2.88. The maximum Gasteiger partial charge on any atom is 0.325 e. The minimum absolute atomic E-state index is 0.202. The summed E-state index contributed by atoms with van der Waals surface area (Å²) < 4.78 is 0. The van der Waals surface area contributed by atoms with Crippen LogP contribution < -0.4 is 5.32 Å². The Balaban J connectivity index is 1.76. The standard InChI is InChI=1S/C18H20N4O3/c1-18(14-7-5-13(11-19)6-8-14)16(24)22(17(25)20-18)12-15(23)21-9-3-2-4-10-21/h5-8H,2-4,9-10,12H2,1H3,(H,20,25)/t18-/m0/s1. The molecule has 130 valence electrons. The Morgan fingerprint density at radius 1 is 1.20 bits per heavy atom.